The van der Waals surface area contributed by atoms with E-state index in [0.717, 1.165) is 17.9 Å². The topological polar surface area (TPSA) is 29.0 Å². The molecule has 0 amide bonds. The van der Waals surface area contributed by atoms with Gasteiger partial charge in [-0.2, -0.15) is 0 Å². The van der Waals surface area contributed by atoms with E-state index in [1.165, 1.54) is 25.7 Å². The fourth-order valence-corrected chi connectivity index (χ4v) is 2.42. The number of aryl methyl sites for hydroxylation is 1. The summed E-state index contributed by atoms with van der Waals surface area (Å²) in [5.41, 5.74) is 1.11. The zero-order chi connectivity index (χ0) is 11.5. The van der Waals surface area contributed by atoms with Gasteiger partial charge in [-0.05, 0) is 38.3 Å². The average molecular weight is 240 g/mol. The van der Waals surface area contributed by atoms with E-state index in [9.17, 15) is 0 Å². The van der Waals surface area contributed by atoms with Gasteiger partial charge in [0.25, 0.3) is 0 Å². The normalized spacial score (nSPS) is 21.9. The Kier molecular flexibility index (Phi) is 3.64. The van der Waals surface area contributed by atoms with Crippen molar-refractivity contribution in [3.63, 3.8) is 0 Å². The smallest absolute Gasteiger partial charge is 0.224 e. The van der Waals surface area contributed by atoms with E-state index in [0.29, 0.717) is 11.3 Å². The lowest BCUT2D eigenvalue weighted by Gasteiger charge is -2.29. The molecule has 0 radical (unpaired) electrons. The Bertz CT molecular complexity index is 367. The molecule has 88 valence electrons. The summed E-state index contributed by atoms with van der Waals surface area (Å²) in [4.78, 5) is 10.7. The van der Waals surface area contributed by atoms with E-state index in [4.69, 9.17) is 11.6 Å². The van der Waals surface area contributed by atoms with Gasteiger partial charge in [0.1, 0.15) is 5.82 Å². The van der Waals surface area contributed by atoms with Crippen LogP contribution in [0, 0.1) is 6.92 Å². The molecule has 0 spiro atoms. The number of hydrogen-bond donors (Lipinski definition) is 0. The van der Waals surface area contributed by atoms with E-state index in [2.05, 4.69) is 21.8 Å². The molecule has 3 nitrogen and oxygen atoms in total. The van der Waals surface area contributed by atoms with Gasteiger partial charge in [0.15, 0.2) is 0 Å². The summed E-state index contributed by atoms with van der Waals surface area (Å²) in [5.74, 6) is 1.01. The molecule has 1 unspecified atom stereocenters. The molecule has 0 N–H and O–H groups in total. The molecule has 0 saturated carbocycles. The average Bonchev–Trinajstić information content (AvgIpc) is 2.47. The van der Waals surface area contributed by atoms with Gasteiger partial charge in [0.05, 0.1) is 0 Å². The first-order chi connectivity index (χ1) is 7.68. The molecule has 0 aromatic carbocycles. The van der Waals surface area contributed by atoms with Crippen LogP contribution in [-0.4, -0.2) is 22.6 Å². The lowest BCUT2D eigenvalue weighted by atomic mass is 10.1. The Balaban J connectivity index is 2.29. The number of aromatic nitrogens is 2. The van der Waals surface area contributed by atoms with E-state index < -0.39 is 0 Å². The van der Waals surface area contributed by atoms with Gasteiger partial charge in [0, 0.05) is 24.3 Å². The second kappa shape index (κ2) is 5.00. The van der Waals surface area contributed by atoms with Crippen molar-refractivity contribution in [3.8, 4) is 0 Å². The maximum Gasteiger partial charge on any atom is 0.224 e. The van der Waals surface area contributed by atoms with Gasteiger partial charge in [-0.1, -0.05) is 12.8 Å². The quantitative estimate of drug-likeness (QED) is 0.705. The van der Waals surface area contributed by atoms with Crippen LogP contribution in [0.5, 0.6) is 0 Å². The number of rotatable bonds is 1. The van der Waals surface area contributed by atoms with Crippen LogP contribution < -0.4 is 4.90 Å². The molecule has 1 saturated heterocycles. The molecule has 0 aliphatic carbocycles. The third-order valence-corrected chi connectivity index (χ3v) is 3.42. The minimum Gasteiger partial charge on any atom is -0.354 e. The number of nitrogens with zero attached hydrogens (tertiary/aromatic N) is 3. The predicted molar refractivity (Wildman–Crippen MR) is 67.1 cm³/mol. The second-order valence-electron chi connectivity index (χ2n) is 4.54. The second-order valence-corrected chi connectivity index (χ2v) is 4.88. The maximum absolute atomic E-state index is 5.88. The van der Waals surface area contributed by atoms with Crippen molar-refractivity contribution in [3.05, 3.63) is 17.0 Å². The van der Waals surface area contributed by atoms with Crippen molar-refractivity contribution in [2.75, 3.05) is 11.4 Å². The molecular weight excluding hydrogens is 222 g/mol. The summed E-state index contributed by atoms with van der Waals surface area (Å²) < 4.78 is 0. The van der Waals surface area contributed by atoms with Crippen molar-refractivity contribution in [2.24, 2.45) is 0 Å². The molecule has 1 aliphatic heterocycles. The van der Waals surface area contributed by atoms with E-state index in [1.54, 1.807) is 0 Å². The number of hydrogen-bond acceptors (Lipinski definition) is 3. The number of anilines is 1. The van der Waals surface area contributed by atoms with Crippen molar-refractivity contribution >= 4 is 17.4 Å². The Hall–Kier alpha value is -0.830. The van der Waals surface area contributed by atoms with Gasteiger partial charge >= 0.3 is 0 Å². The predicted octanol–water partition coefficient (Wildman–Crippen LogP) is 3.21. The largest absolute Gasteiger partial charge is 0.354 e. The minimum atomic E-state index is 0.344. The van der Waals surface area contributed by atoms with Crippen LogP contribution in [-0.2, 0) is 0 Å². The summed E-state index contributed by atoms with van der Waals surface area (Å²) >= 11 is 5.88. The highest BCUT2D eigenvalue weighted by Crippen LogP contribution is 2.25. The fourth-order valence-electron chi connectivity index (χ4n) is 2.29. The van der Waals surface area contributed by atoms with Crippen LogP contribution in [0.3, 0.4) is 0 Å². The summed E-state index contributed by atoms with van der Waals surface area (Å²) in [6.45, 7) is 5.39. The fraction of sp³-hybridized carbons (Fsp3) is 0.667. The Morgan fingerprint density at radius 1 is 1.38 bits per heavy atom. The zero-order valence-corrected chi connectivity index (χ0v) is 10.7. The van der Waals surface area contributed by atoms with Gasteiger partial charge < -0.3 is 4.90 Å². The molecule has 4 heteroatoms. The van der Waals surface area contributed by atoms with Crippen molar-refractivity contribution in [1.82, 2.24) is 9.97 Å². The van der Waals surface area contributed by atoms with Gasteiger partial charge in [-0.25, -0.2) is 9.97 Å². The lowest BCUT2D eigenvalue weighted by molar-refractivity contribution is 0.609. The molecule has 1 aromatic rings. The molecule has 1 fully saturated rings. The highest BCUT2D eigenvalue weighted by atomic mass is 35.5. The van der Waals surface area contributed by atoms with E-state index in [1.807, 2.05) is 13.1 Å². The highest BCUT2D eigenvalue weighted by molar-refractivity contribution is 6.28. The Labute approximate surface area is 102 Å². The van der Waals surface area contributed by atoms with Gasteiger partial charge in [-0.15, -0.1) is 0 Å². The van der Waals surface area contributed by atoms with Crippen molar-refractivity contribution < 1.29 is 0 Å². The van der Waals surface area contributed by atoms with Crippen LogP contribution in [0.2, 0.25) is 5.28 Å². The highest BCUT2D eigenvalue weighted by Gasteiger charge is 2.20. The lowest BCUT2D eigenvalue weighted by Crippen LogP contribution is -2.33. The third-order valence-electron chi connectivity index (χ3n) is 3.24. The molecule has 1 aliphatic rings. The van der Waals surface area contributed by atoms with Crippen LogP contribution in [0.15, 0.2) is 6.20 Å². The SMILES string of the molecule is Cc1cnc(Cl)nc1N1CCCCCC1C. The van der Waals surface area contributed by atoms with E-state index in [-0.39, 0.29) is 0 Å². The first-order valence-electron chi connectivity index (χ1n) is 5.94. The molecule has 0 bridgehead atoms. The first-order valence-corrected chi connectivity index (χ1v) is 6.32. The zero-order valence-electron chi connectivity index (χ0n) is 9.91. The van der Waals surface area contributed by atoms with Crippen molar-refractivity contribution in [1.29, 1.82) is 0 Å². The monoisotopic (exact) mass is 239 g/mol. The van der Waals surface area contributed by atoms with Gasteiger partial charge in [-0.3, -0.25) is 0 Å². The van der Waals surface area contributed by atoms with E-state index >= 15 is 0 Å². The molecule has 1 atom stereocenters. The van der Waals surface area contributed by atoms with Crippen LogP contribution in [0.1, 0.15) is 38.2 Å². The first kappa shape index (κ1) is 11.6. The summed E-state index contributed by atoms with van der Waals surface area (Å²) in [7, 11) is 0. The maximum atomic E-state index is 5.88. The minimum absolute atomic E-state index is 0.344. The molecular formula is C12H18ClN3. The van der Waals surface area contributed by atoms with Crippen molar-refractivity contribution in [2.45, 2.75) is 45.6 Å². The number of halogens is 1. The van der Waals surface area contributed by atoms with Gasteiger partial charge in [0.2, 0.25) is 5.28 Å². The standard InChI is InChI=1S/C12H18ClN3/c1-9-8-14-12(13)15-11(9)16-7-5-3-4-6-10(16)2/h8,10H,3-7H2,1-2H3. The van der Waals surface area contributed by atoms with Crippen LogP contribution in [0.25, 0.3) is 0 Å². The summed E-state index contributed by atoms with van der Waals surface area (Å²) in [5, 5.41) is 0.344. The Morgan fingerprint density at radius 2 is 2.19 bits per heavy atom. The third kappa shape index (κ3) is 2.46. The molecule has 16 heavy (non-hydrogen) atoms. The summed E-state index contributed by atoms with van der Waals surface area (Å²) in [6, 6.07) is 0.548. The molecule has 2 heterocycles. The Morgan fingerprint density at radius 3 is 3.00 bits per heavy atom. The molecule has 1 aromatic heterocycles. The summed E-state index contributed by atoms with van der Waals surface area (Å²) in [6.07, 6.45) is 6.92. The van der Waals surface area contributed by atoms with Crippen LogP contribution >= 0.6 is 11.6 Å². The molecule has 2 rings (SSSR count). The van der Waals surface area contributed by atoms with Crippen LogP contribution in [0.4, 0.5) is 5.82 Å².